The van der Waals surface area contributed by atoms with Crippen LogP contribution in [0.5, 0.6) is 11.5 Å². The Labute approximate surface area is 139 Å². The van der Waals surface area contributed by atoms with Crippen LogP contribution in [0.25, 0.3) is 11.5 Å². The number of nitrogens with zero attached hydrogens (tertiary/aromatic N) is 3. The zero-order valence-electron chi connectivity index (χ0n) is 13.5. The van der Waals surface area contributed by atoms with Crippen molar-refractivity contribution in [1.29, 1.82) is 0 Å². The maximum Gasteiger partial charge on any atom is 0.247 e. The highest BCUT2D eigenvalue weighted by Crippen LogP contribution is 2.31. The van der Waals surface area contributed by atoms with E-state index in [0.717, 1.165) is 11.1 Å². The fourth-order valence-corrected chi connectivity index (χ4v) is 2.23. The van der Waals surface area contributed by atoms with Crippen molar-refractivity contribution in [2.75, 3.05) is 14.2 Å². The van der Waals surface area contributed by atoms with E-state index in [0.29, 0.717) is 36.4 Å². The van der Waals surface area contributed by atoms with E-state index in [1.54, 1.807) is 32.5 Å². The molecule has 0 saturated heterocycles. The molecule has 0 amide bonds. The second-order valence-electron chi connectivity index (χ2n) is 5.04. The molecule has 0 spiro atoms. The lowest BCUT2D eigenvalue weighted by atomic mass is 10.2. The van der Waals surface area contributed by atoms with Crippen molar-refractivity contribution in [3.63, 3.8) is 0 Å². The van der Waals surface area contributed by atoms with Crippen LogP contribution >= 0.6 is 0 Å². The molecule has 0 radical (unpaired) electrons. The van der Waals surface area contributed by atoms with Crippen LogP contribution in [0.15, 0.2) is 47.1 Å². The Hall–Kier alpha value is -2.93. The van der Waals surface area contributed by atoms with Gasteiger partial charge in [0.1, 0.15) is 0 Å². The van der Waals surface area contributed by atoms with Gasteiger partial charge < -0.3 is 19.2 Å². The highest BCUT2D eigenvalue weighted by Gasteiger charge is 2.12. The summed E-state index contributed by atoms with van der Waals surface area (Å²) in [6, 6.07) is 9.36. The Bertz CT molecular complexity index is 790. The van der Waals surface area contributed by atoms with E-state index >= 15 is 0 Å². The zero-order valence-corrected chi connectivity index (χ0v) is 13.5. The van der Waals surface area contributed by atoms with Crippen LogP contribution in [0, 0.1) is 0 Å². The first-order chi connectivity index (χ1) is 11.8. The molecule has 0 aliphatic heterocycles. The summed E-state index contributed by atoms with van der Waals surface area (Å²) in [6.07, 6.45) is 3.56. The number of hydrogen-bond donors (Lipinski definition) is 1. The van der Waals surface area contributed by atoms with E-state index < -0.39 is 0 Å². The molecule has 1 aromatic carbocycles. The molecule has 2 aromatic heterocycles. The SMILES string of the molecule is COc1ccc(-c2nnc(CNCc3cccnc3)o2)cc1OC. The topological polar surface area (TPSA) is 82.3 Å². The average Bonchev–Trinajstić information content (AvgIpc) is 3.11. The van der Waals surface area contributed by atoms with Crippen LogP contribution < -0.4 is 14.8 Å². The largest absolute Gasteiger partial charge is 0.493 e. The second kappa shape index (κ2) is 7.56. The molecule has 1 N–H and O–H groups in total. The standard InChI is InChI=1S/C17H18N4O3/c1-22-14-6-5-13(8-15(14)23-2)17-21-20-16(24-17)11-19-10-12-4-3-7-18-9-12/h3-9,19H,10-11H2,1-2H3. The lowest BCUT2D eigenvalue weighted by Crippen LogP contribution is -2.12. The smallest absolute Gasteiger partial charge is 0.247 e. The highest BCUT2D eigenvalue weighted by molar-refractivity contribution is 5.59. The number of methoxy groups -OCH3 is 2. The Kier molecular flexibility index (Phi) is 5.02. The number of benzene rings is 1. The minimum Gasteiger partial charge on any atom is -0.493 e. The number of pyridine rings is 1. The molecule has 0 aliphatic rings. The van der Waals surface area contributed by atoms with E-state index in [2.05, 4.69) is 20.5 Å². The van der Waals surface area contributed by atoms with Gasteiger partial charge in [-0.25, -0.2) is 0 Å². The van der Waals surface area contributed by atoms with Gasteiger partial charge in [-0.1, -0.05) is 6.07 Å². The quantitative estimate of drug-likeness (QED) is 0.714. The number of ether oxygens (including phenoxy) is 2. The molecule has 0 saturated carbocycles. The summed E-state index contributed by atoms with van der Waals surface area (Å²) in [5.74, 6) is 2.22. The van der Waals surface area contributed by atoms with Crippen LogP contribution in [0.4, 0.5) is 0 Å². The Balaban J connectivity index is 1.65. The van der Waals surface area contributed by atoms with Gasteiger partial charge in [0.25, 0.3) is 0 Å². The van der Waals surface area contributed by atoms with E-state index in [-0.39, 0.29) is 0 Å². The van der Waals surface area contributed by atoms with Gasteiger partial charge in [-0.15, -0.1) is 10.2 Å². The summed E-state index contributed by atoms with van der Waals surface area (Å²) >= 11 is 0. The van der Waals surface area contributed by atoms with Gasteiger partial charge in [-0.2, -0.15) is 0 Å². The van der Waals surface area contributed by atoms with Gasteiger partial charge in [-0.05, 0) is 29.8 Å². The molecule has 7 nitrogen and oxygen atoms in total. The van der Waals surface area contributed by atoms with Crippen molar-refractivity contribution in [1.82, 2.24) is 20.5 Å². The molecule has 2 heterocycles. The van der Waals surface area contributed by atoms with Gasteiger partial charge in [0.05, 0.1) is 20.8 Å². The van der Waals surface area contributed by atoms with E-state index in [1.807, 2.05) is 24.4 Å². The number of hydrogen-bond acceptors (Lipinski definition) is 7. The number of rotatable bonds is 7. The second-order valence-corrected chi connectivity index (χ2v) is 5.04. The Morgan fingerprint density at radius 2 is 1.92 bits per heavy atom. The van der Waals surface area contributed by atoms with Crippen molar-refractivity contribution >= 4 is 0 Å². The summed E-state index contributed by atoms with van der Waals surface area (Å²) in [5.41, 5.74) is 1.87. The Morgan fingerprint density at radius 3 is 2.67 bits per heavy atom. The fraction of sp³-hybridized carbons (Fsp3) is 0.235. The van der Waals surface area contributed by atoms with Crippen LogP contribution in [-0.2, 0) is 13.1 Å². The number of aromatic nitrogens is 3. The van der Waals surface area contributed by atoms with Crippen molar-refractivity contribution in [2.24, 2.45) is 0 Å². The first-order valence-electron chi connectivity index (χ1n) is 7.44. The third kappa shape index (κ3) is 3.69. The fourth-order valence-electron chi connectivity index (χ4n) is 2.23. The van der Waals surface area contributed by atoms with Crippen LogP contribution in [0.3, 0.4) is 0 Å². The van der Waals surface area contributed by atoms with Crippen LogP contribution in [-0.4, -0.2) is 29.4 Å². The maximum atomic E-state index is 5.68. The summed E-state index contributed by atoms with van der Waals surface area (Å²) in [6.45, 7) is 1.16. The molecular weight excluding hydrogens is 308 g/mol. The molecule has 3 rings (SSSR count). The summed E-state index contributed by atoms with van der Waals surface area (Å²) in [7, 11) is 3.18. The predicted molar refractivity (Wildman–Crippen MR) is 87.6 cm³/mol. The van der Waals surface area contributed by atoms with Gasteiger partial charge in [0.2, 0.25) is 11.8 Å². The molecule has 0 bridgehead atoms. The van der Waals surface area contributed by atoms with Crippen molar-refractivity contribution in [2.45, 2.75) is 13.1 Å². The molecule has 3 aromatic rings. The molecule has 7 heteroatoms. The van der Waals surface area contributed by atoms with Gasteiger partial charge in [-0.3, -0.25) is 4.98 Å². The maximum absolute atomic E-state index is 5.68. The van der Waals surface area contributed by atoms with Crippen LogP contribution in [0.1, 0.15) is 11.5 Å². The molecule has 0 unspecified atom stereocenters. The van der Waals surface area contributed by atoms with Gasteiger partial charge in [0, 0.05) is 24.5 Å². The predicted octanol–water partition coefficient (Wildman–Crippen LogP) is 2.44. The summed E-state index contributed by atoms with van der Waals surface area (Å²) in [5, 5.41) is 11.4. The minimum atomic E-state index is 0.439. The average molecular weight is 326 g/mol. The lowest BCUT2D eigenvalue weighted by molar-refractivity contribution is 0.355. The first-order valence-corrected chi connectivity index (χ1v) is 7.44. The monoisotopic (exact) mass is 326 g/mol. The lowest BCUT2D eigenvalue weighted by Gasteiger charge is -2.07. The minimum absolute atomic E-state index is 0.439. The summed E-state index contributed by atoms with van der Waals surface area (Å²) < 4.78 is 16.2. The van der Waals surface area contributed by atoms with E-state index in [9.17, 15) is 0 Å². The molecule has 0 atom stereocenters. The highest BCUT2D eigenvalue weighted by atomic mass is 16.5. The van der Waals surface area contributed by atoms with E-state index in [1.165, 1.54) is 0 Å². The third-order valence-corrected chi connectivity index (χ3v) is 3.43. The molecule has 24 heavy (non-hydrogen) atoms. The first kappa shape index (κ1) is 15.9. The van der Waals surface area contributed by atoms with Crippen molar-refractivity contribution in [3.8, 4) is 23.0 Å². The van der Waals surface area contributed by atoms with Gasteiger partial charge in [0.15, 0.2) is 11.5 Å². The van der Waals surface area contributed by atoms with Crippen molar-refractivity contribution in [3.05, 3.63) is 54.2 Å². The molecular formula is C17H18N4O3. The van der Waals surface area contributed by atoms with E-state index in [4.69, 9.17) is 13.9 Å². The molecule has 124 valence electrons. The molecule has 0 aliphatic carbocycles. The Morgan fingerprint density at radius 1 is 1.04 bits per heavy atom. The third-order valence-electron chi connectivity index (χ3n) is 3.43. The van der Waals surface area contributed by atoms with Crippen LogP contribution in [0.2, 0.25) is 0 Å². The summed E-state index contributed by atoms with van der Waals surface area (Å²) in [4.78, 5) is 4.07. The molecule has 0 fully saturated rings. The van der Waals surface area contributed by atoms with Gasteiger partial charge >= 0.3 is 0 Å². The normalized spacial score (nSPS) is 10.6. The number of nitrogens with one attached hydrogen (secondary N) is 1. The zero-order chi connectivity index (χ0) is 16.8. The van der Waals surface area contributed by atoms with Crippen molar-refractivity contribution < 1.29 is 13.9 Å².